The standard InChI is InChI=1S/C20H12ClNO4/c21-18-11-12(22(24)25)9-10-17(18)20(23)26-19-15-7-3-1-5-13(15)14-6-2-4-8-16(14)19/h1-11,19H. The summed E-state index contributed by atoms with van der Waals surface area (Å²) in [6, 6.07) is 19.2. The maximum atomic E-state index is 12.6. The maximum absolute atomic E-state index is 12.6. The molecule has 1 aliphatic carbocycles. The van der Waals surface area contributed by atoms with Crippen LogP contribution in [0.1, 0.15) is 27.6 Å². The largest absolute Gasteiger partial charge is 0.449 e. The second-order valence-corrected chi connectivity index (χ2v) is 6.29. The molecule has 5 nitrogen and oxygen atoms in total. The molecule has 0 atom stereocenters. The van der Waals surface area contributed by atoms with Crippen molar-refractivity contribution in [2.24, 2.45) is 0 Å². The van der Waals surface area contributed by atoms with Gasteiger partial charge < -0.3 is 4.74 Å². The smallest absolute Gasteiger partial charge is 0.340 e. The Morgan fingerprint density at radius 2 is 1.54 bits per heavy atom. The minimum absolute atomic E-state index is 0.0104. The molecule has 0 saturated carbocycles. The highest BCUT2D eigenvalue weighted by molar-refractivity contribution is 6.33. The molecule has 0 aliphatic heterocycles. The molecule has 3 aromatic carbocycles. The highest BCUT2D eigenvalue weighted by atomic mass is 35.5. The third-order valence-electron chi connectivity index (χ3n) is 4.38. The number of nitrogens with zero attached hydrogens (tertiary/aromatic N) is 1. The SMILES string of the molecule is O=C(OC1c2ccccc2-c2ccccc21)c1ccc([N+](=O)[O-])cc1Cl. The minimum Gasteiger partial charge on any atom is -0.449 e. The first kappa shape index (κ1) is 16.3. The van der Waals surface area contributed by atoms with Gasteiger partial charge in [0.05, 0.1) is 15.5 Å². The highest BCUT2D eigenvalue weighted by Crippen LogP contribution is 2.45. The molecule has 0 aromatic heterocycles. The molecule has 0 bridgehead atoms. The Labute approximate surface area is 154 Å². The fourth-order valence-electron chi connectivity index (χ4n) is 3.19. The molecule has 1 aliphatic rings. The van der Waals surface area contributed by atoms with E-state index in [1.807, 2.05) is 48.5 Å². The van der Waals surface area contributed by atoms with Crippen LogP contribution in [0.2, 0.25) is 5.02 Å². The third kappa shape index (κ3) is 2.62. The van der Waals surface area contributed by atoms with Crippen molar-refractivity contribution in [2.45, 2.75) is 6.10 Å². The second kappa shape index (κ2) is 6.28. The van der Waals surface area contributed by atoms with Gasteiger partial charge in [-0.3, -0.25) is 10.1 Å². The lowest BCUT2D eigenvalue weighted by Gasteiger charge is -2.15. The molecule has 0 heterocycles. The molecule has 0 amide bonds. The second-order valence-electron chi connectivity index (χ2n) is 5.88. The summed E-state index contributed by atoms with van der Waals surface area (Å²) in [4.78, 5) is 22.9. The Hall–Kier alpha value is -3.18. The van der Waals surface area contributed by atoms with E-state index >= 15 is 0 Å². The minimum atomic E-state index is -0.624. The Morgan fingerprint density at radius 3 is 2.08 bits per heavy atom. The highest BCUT2D eigenvalue weighted by Gasteiger charge is 2.31. The molecule has 0 unspecified atom stereocenters. The van der Waals surface area contributed by atoms with Crippen molar-refractivity contribution in [3.05, 3.63) is 98.6 Å². The molecule has 4 rings (SSSR count). The number of nitro groups is 1. The van der Waals surface area contributed by atoms with Crippen LogP contribution in [0.3, 0.4) is 0 Å². The number of non-ortho nitro benzene ring substituents is 1. The van der Waals surface area contributed by atoms with E-state index in [1.165, 1.54) is 12.1 Å². The number of hydrogen-bond donors (Lipinski definition) is 0. The molecule has 26 heavy (non-hydrogen) atoms. The number of nitro benzene ring substituents is 1. The summed E-state index contributed by atoms with van der Waals surface area (Å²) in [5.74, 6) is -0.624. The summed E-state index contributed by atoms with van der Waals surface area (Å²) in [5, 5.41) is 10.8. The van der Waals surface area contributed by atoms with Gasteiger partial charge in [-0.25, -0.2) is 4.79 Å². The molecule has 6 heteroatoms. The van der Waals surface area contributed by atoms with Gasteiger partial charge in [-0.1, -0.05) is 60.1 Å². The number of ether oxygens (including phenoxy) is 1. The van der Waals surface area contributed by atoms with Crippen molar-refractivity contribution in [3.8, 4) is 11.1 Å². The Morgan fingerprint density at radius 1 is 0.962 bits per heavy atom. The number of carbonyl (C=O) groups is 1. The van der Waals surface area contributed by atoms with Crippen molar-refractivity contribution in [1.82, 2.24) is 0 Å². The molecule has 3 aromatic rings. The van der Waals surface area contributed by atoms with Crippen LogP contribution < -0.4 is 0 Å². The first-order valence-electron chi connectivity index (χ1n) is 7.89. The molecular weight excluding hydrogens is 354 g/mol. The molecule has 0 N–H and O–H groups in total. The van der Waals surface area contributed by atoms with Crippen LogP contribution in [0.5, 0.6) is 0 Å². The Kier molecular flexibility index (Phi) is 3.93. The van der Waals surface area contributed by atoms with Gasteiger partial charge in [-0.05, 0) is 17.2 Å². The monoisotopic (exact) mass is 365 g/mol. The number of esters is 1. The molecule has 0 fully saturated rings. The quantitative estimate of drug-likeness (QED) is 0.364. The van der Waals surface area contributed by atoms with Gasteiger partial charge in [-0.15, -0.1) is 0 Å². The van der Waals surface area contributed by atoms with E-state index < -0.39 is 17.0 Å². The first-order chi connectivity index (χ1) is 12.6. The van der Waals surface area contributed by atoms with E-state index in [4.69, 9.17) is 16.3 Å². The van der Waals surface area contributed by atoms with E-state index in [9.17, 15) is 14.9 Å². The van der Waals surface area contributed by atoms with Gasteiger partial charge in [0.15, 0.2) is 6.10 Å². The topological polar surface area (TPSA) is 69.4 Å². The number of benzene rings is 3. The van der Waals surface area contributed by atoms with Gasteiger partial charge in [-0.2, -0.15) is 0 Å². The average molecular weight is 366 g/mol. The van der Waals surface area contributed by atoms with Gasteiger partial charge in [0.1, 0.15) is 0 Å². The van der Waals surface area contributed by atoms with Crippen LogP contribution in [-0.4, -0.2) is 10.9 Å². The fraction of sp³-hybridized carbons (Fsp3) is 0.0500. The molecule has 0 spiro atoms. The molecule has 128 valence electrons. The lowest BCUT2D eigenvalue weighted by Crippen LogP contribution is -2.11. The summed E-state index contributed by atoms with van der Waals surface area (Å²) in [5.41, 5.74) is 3.77. The van der Waals surface area contributed by atoms with E-state index in [2.05, 4.69) is 0 Å². The number of fused-ring (bicyclic) bond motifs is 3. The lowest BCUT2D eigenvalue weighted by molar-refractivity contribution is -0.384. The predicted molar refractivity (Wildman–Crippen MR) is 97.2 cm³/mol. The van der Waals surface area contributed by atoms with Crippen molar-refractivity contribution >= 4 is 23.3 Å². The van der Waals surface area contributed by atoms with E-state index in [0.29, 0.717) is 0 Å². The van der Waals surface area contributed by atoms with Gasteiger partial charge in [0, 0.05) is 23.3 Å². The molecular formula is C20H12ClNO4. The van der Waals surface area contributed by atoms with Crippen LogP contribution >= 0.6 is 11.6 Å². The van der Waals surface area contributed by atoms with Crippen molar-refractivity contribution in [1.29, 1.82) is 0 Å². The normalized spacial score (nSPS) is 12.3. The molecule has 0 radical (unpaired) electrons. The van der Waals surface area contributed by atoms with Gasteiger partial charge >= 0.3 is 5.97 Å². The number of carbonyl (C=O) groups excluding carboxylic acids is 1. The van der Waals surface area contributed by atoms with Crippen LogP contribution in [0, 0.1) is 10.1 Å². The number of rotatable bonds is 3. The van der Waals surface area contributed by atoms with E-state index in [0.717, 1.165) is 28.3 Å². The van der Waals surface area contributed by atoms with Gasteiger partial charge in [0.2, 0.25) is 0 Å². The van der Waals surface area contributed by atoms with Crippen LogP contribution in [0.25, 0.3) is 11.1 Å². The Balaban J connectivity index is 1.69. The maximum Gasteiger partial charge on any atom is 0.340 e. The summed E-state index contributed by atoms with van der Waals surface area (Å²) in [6.45, 7) is 0. The van der Waals surface area contributed by atoms with E-state index in [1.54, 1.807) is 0 Å². The number of halogens is 1. The zero-order valence-corrected chi connectivity index (χ0v) is 14.1. The average Bonchev–Trinajstić information content (AvgIpc) is 2.96. The summed E-state index contributed by atoms with van der Waals surface area (Å²) in [6.07, 6.45) is -0.541. The first-order valence-corrected chi connectivity index (χ1v) is 8.27. The van der Waals surface area contributed by atoms with Crippen molar-refractivity contribution < 1.29 is 14.5 Å². The zero-order valence-electron chi connectivity index (χ0n) is 13.4. The predicted octanol–water partition coefficient (Wildman–Crippen LogP) is 5.18. The third-order valence-corrected chi connectivity index (χ3v) is 4.70. The summed E-state index contributed by atoms with van der Waals surface area (Å²) in [7, 11) is 0. The Bertz CT molecular complexity index is 1000. The number of hydrogen-bond acceptors (Lipinski definition) is 4. The van der Waals surface area contributed by atoms with Crippen molar-refractivity contribution in [3.63, 3.8) is 0 Å². The van der Waals surface area contributed by atoms with Crippen molar-refractivity contribution in [2.75, 3.05) is 0 Å². The molecule has 0 saturated heterocycles. The summed E-state index contributed by atoms with van der Waals surface area (Å²) >= 11 is 6.05. The summed E-state index contributed by atoms with van der Waals surface area (Å²) < 4.78 is 5.74. The van der Waals surface area contributed by atoms with Crippen LogP contribution in [0.4, 0.5) is 5.69 Å². The van der Waals surface area contributed by atoms with Gasteiger partial charge in [0.25, 0.3) is 5.69 Å². The van der Waals surface area contributed by atoms with Crippen LogP contribution in [0.15, 0.2) is 66.7 Å². The zero-order chi connectivity index (χ0) is 18.3. The van der Waals surface area contributed by atoms with Crippen LogP contribution in [-0.2, 0) is 4.74 Å². The lowest BCUT2D eigenvalue weighted by atomic mass is 10.1. The fourth-order valence-corrected chi connectivity index (χ4v) is 3.44. The van der Waals surface area contributed by atoms with E-state index in [-0.39, 0.29) is 16.3 Å².